The van der Waals surface area contributed by atoms with Gasteiger partial charge in [0.05, 0.1) is 6.10 Å². The second kappa shape index (κ2) is 5.33. The van der Waals surface area contributed by atoms with Crippen LogP contribution in [0.2, 0.25) is 0 Å². The minimum atomic E-state index is -0.893. The molecule has 1 aromatic carbocycles. The fourth-order valence-electron chi connectivity index (χ4n) is 0.950. The second-order valence-electron chi connectivity index (χ2n) is 2.93. The van der Waals surface area contributed by atoms with Crippen LogP contribution in [0.15, 0.2) is 30.3 Å². The topological polar surface area (TPSA) is 18.5 Å². The van der Waals surface area contributed by atoms with Crippen molar-refractivity contribution in [3.63, 3.8) is 0 Å². The molecule has 72 valence electrons. The van der Waals surface area contributed by atoms with Crippen molar-refractivity contribution in [2.24, 2.45) is 0 Å². The molecule has 1 aromatic rings. The van der Waals surface area contributed by atoms with Crippen LogP contribution in [0.3, 0.4) is 0 Å². The third-order valence-electron chi connectivity index (χ3n) is 1.44. The highest BCUT2D eigenvalue weighted by Gasteiger charge is 2.12. The Labute approximate surface area is 80.8 Å². The van der Waals surface area contributed by atoms with Gasteiger partial charge in [-0.25, -0.2) is 0 Å². The second-order valence-corrected chi connectivity index (χ2v) is 4.54. The molecule has 0 saturated carbocycles. The predicted molar refractivity (Wildman–Crippen MR) is 56.2 cm³/mol. The predicted octanol–water partition coefficient (Wildman–Crippen LogP) is 2.70. The lowest BCUT2D eigenvalue weighted by Gasteiger charge is -2.17. The summed E-state index contributed by atoms with van der Waals surface area (Å²) in [5, 5.41) is 1.12. The molecular formula is C10H15O2P. The fourth-order valence-corrected chi connectivity index (χ4v) is 2.17. The van der Waals surface area contributed by atoms with E-state index in [-0.39, 0.29) is 6.10 Å². The molecule has 1 rings (SSSR count). The summed E-state index contributed by atoms with van der Waals surface area (Å²) >= 11 is 0. The van der Waals surface area contributed by atoms with Crippen molar-refractivity contribution in [3.05, 3.63) is 30.3 Å². The smallest absolute Gasteiger partial charge is 0.205 e. The van der Waals surface area contributed by atoms with Gasteiger partial charge in [-0.1, -0.05) is 18.2 Å². The third kappa shape index (κ3) is 3.43. The number of rotatable bonds is 4. The van der Waals surface area contributed by atoms with Gasteiger partial charge in [0, 0.05) is 12.4 Å². The fraction of sp³-hybridized carbons (Fsp3) is 0.400. The molecule has 0 fully saturated rings. The van der Waals surface area contributed by atoms with Gasteiger partial charge in [0.15, 0.2) is 0 Å². The molecule has 0 amide bonds. The molecule has 0 aliphatic heterocycles. The number of benzene rings is 1. The first-order valence-electron chi connectivity index (χ1n) is 4.30. The minimum Gasteiger partial charge on any atom is -0.334 e. The first-order valence-corrected chi connectivity index (χ1v) is 5.48. The van der Waals surface area contributed by atoms with E-state index in [4.69, 9.17) is 9.05 Å². The molecule has 0 aromatic heterocycles. The van der Waals surface area contributed by atoms with Gasteiger partial charge in [0.1, 0.15) is 0 Å². The first-order chi connectivity index (χ1) is 6.24. The van der Waals surface area contributed by atoms with E-state index >= 15 is 0 Å². The van der Waals surface area contributed by atoms with E-state index < -0.39 is 8.38 Å². The summed E-state index contributed by atoms with van der Waals surface area (Å²) in [6.07, 6.45) is 0.200. The van der Waals surface area contributed by atoms with Crippen LogP contribution in [0.5, 0.6) is 0 Å². The standard InChI is InChI=1S/C10H15O2P/c1-9(2)12-13(11-3)10-7-5-4-6-8-10/h4-9H,1-3H3. The van der Waals surface area contributed by atoms with Gasteiger partial charge < -0.3 is 9.05 Å². The molecule has 0 saturated heterocycles. The molecule has 0 N–H and O–H groups in total. The monoisotopic (exact) mass is 198 g/mol. The van der Waals surface area contributed by atoms with Crippen molar-refractivity contribution in [1.29, 1.82) is 0 Å². The van der Waals surface area contributed by atoms with E-state index in [1.165, 1.54) is 0 Å². The molecule has 0 radical (unpaired) electrons. The van der Waals surface area contributed by atoms with Gasteiger partial charge in [0.2, 0.25) is 8.38 Å². The molecule has 2 nitrogen and oxygen atoms in total. The maximum absolute atomic E-state index is 5.63. The van der Waals surface area contributed by atoms with Crippen molar-refractivity contribution in [1.82, 2.24) is 0 Å². The summed E-state index contributed by atoms with van der Waals surface area (Å²) < 4.78 is 10.9. The van der Waals surface area contributed by atoms with E-state index in [1.54, 1.807) is 7.11 Å². The number of hydrogen-bond donors (Lipinski definition) is 0. The average Bonchev–Trinajstić information content (AvgIpc) is 2.15. The molecular weight excluding hydrogens is 183 g/mol. The summed E-state index contributed by atoms with van der Waals surface area (Å²) in [5.74, 6) is 0. The van der Waals surface area contributed by atoms with Crippen molar-refractivity contribution in [3.8, 4) is 0 Å². The van der Waals surface area contributed by atoms with E-state index in [0.717, 1.165) is 5.30 Å². The Morgan fingerprint density at radius 1 is 1.15 bits per heavy atom. The van der Waals surface area contributed by atoms with Gasteiger partial charge in [0.25, 0.3) is 0 Å². The first kappa shape index (κ1) is 10.6. The Balaban J connectivity index is 2.67. The Bertz CT molecular complexity index is 236. The lowest BCUT2D eigenvalue weighted by atomic mass is 10.4. The van der Waals surface area contributed by atoms with Gasteiger partial charge in [-0.3, -0.25) is 0 Å². The zero-order valence-electron chi connectivity index (χ0n) is 8.23. The molecule has 1 atom stereocenters. The van der Waals surface area contributed by atoms with E-state index in [9.17, 15) is 0 Å². The quantitative estimate of drug-likeness (QED) is 0.692. The molecule has 3 heteroatoms. The lowest BCUT2D eigenvalue weighted by molar-refractivity contribution is 0.231. The SMILES string of the molecule is COP(OC(C)C)c1ccccc1. The van der Waals surface area contributed by atoms with Crippen molar-refractivity contribution in [2.75, 3.05) is 7.11 Å². The Kier molecular flexibility index (Phi) is 4.37. The molecule has 0 bridgehead atoms. The summed E-state index contributed by atoms with van der Waals surface area (Å²) in [4.78, 5) is 0. The average molecular weight is 198 g/mol. The van der Waals surface area contributed by atoms with Crippen molar-refractivity contribution < 1.29 is 9.05 Å². The van der Waals surface area contributed by atoms with Gasteiger partial charge >= 0.3 is 0 Å². The van der Waals surface area contributed by atoms with Crippen molar-refractivity contribution >= 4 is 13.7 Å². The van der Waals surface area contributed by atoms with Crippen LogP contribution in [0.1, 0.15) is 13.8 Å². The van der Waals surface area contributed by atoms with Crippen LogP contribution < -0.4 is 5.30 Å². The largest absolute Gasteiger partial charge is 0.334 e. The zero-order chi connectivity index (χ0) is 9.68. The van der Waals surface area contributed by atoms with Crippen molar-refractivity contribution in [2.45, 2.75) is 20.0 Å². The molecule has 0 aliphatic rings. The van der Waals surface area contributed by atoms with Crippen LogP contribution in [0.25, 0.3) is 0 Å². The molecule has 13 heavy (non-hydrogen) atoms. The van der Waals surface area contributed by atoms with Crippen LogP contribution in [0, 0.1) is 0 Å². The highest BCUT2D eigenvalue weighted by atomic mass is 31.2. The summed E-state index contributed by atoms with van der Waals surface area (Å²) in [5.41, 5.74) is 0. The van der Waals surface area contributed by atoms with Gasteiger partial charge in [-0.15, -0.1) is 0 Å². The normalized spacial score (nSPS) is 13.2. The van der Waals surface area contributed by atoms with E-state index in [1.807, 2.05) is 44.2 Å². The molecule has 0 heterocycles. The van der Waals surface area contributed by atoms with Crippen LogP contribution >= 0.6 is 8.38 Å². The summed E-state index contributed by atoms with van der Waals surface area (Å²) in [7, 11) is 0.789. The van der Waals surface area contributed by atoms with Gasteiger partial charge in [-0.2, -0.15) is 0 Å². The lowest BCUT2D eigenvalue weighted by Crippen LogP contribution is -2.08. The maximum Gasteiger partial charge on any atom is 0.205 e. The van der Waals surface area contributed by atoms with E-state index in [0.29, 0.717) is 0 Å². The highest BCUT2D eigenvalue weighted by Crippen LogP contribution is 2.37. The maximum atomic E-state index is 5.63. The molecule has 0 spiro atoms. The Morgan fingerprint density at radius 3 is 2.23 bits per heavy atom. The van der Waals surface area contributed by atoms with E-state index in [2.05, 4.69) is 0 Å². The molecule has 0 aliphatic carbocycles. The van der Waals surface area contributed by atoms with Crippen LogP contribution in [-0.4, -0.2) is 13.2 Å². The summed E-state index contributed by atoms with van der Waals surface area (Å²) in [6.45, 7) is 4.02. The van der Waals surface area contributed by atoms with Crippen LogP contribution in [-0.2, 0) is 9.05 Å². The van der Waals surface area contributed by atoms with Crippen LogP contribution in [0.4, 0.5) is 0 Å². The number of hydrogen-bond acceptors (Lipinski definition) is 2. The Morgan fingerprint density at radius 2 is 1.77 bits per heavy atom. The summed E-state index contributed by atoms with van der Waals surface area (Å²) in [6, 6.07) is 10.0. The Hall–Kier alpha value is -0.430. The zero-order valence-corrected chi connectivity index (χ0v) is 9.12. The third-order valence-corrected chi connectivity index (χ3v) is 3.10. The highest BCUT2D eigenvalue weighted by molar-refractivity contribution is 7.55. The molecule has 1 unspecified atom stereocenters. The van der Waals surface area contributed by atoms with Gasteiger partial charge in [-0.05, 0) is 26.0 Å². The minimum absolute atomic E-state index is 0.200.